The summed E-state index contributed by atoms with van der Waals surface area (Å²) in [6, 6.07) is 10.7. The molecule has 0 atom stereocenters. The van der Waals surface area contributed by atoms with E-state index in [0.29, 0.717) is 35.6 Å². The lowest BCUT2D eigenvalue weighted by atomic mass is 10.0. The minimum absolute atomic E-state index is 0.0307. The Morgan fingerprint density at radius 1 is 1.10 bits per heavy atom. The van der Waals surface area contributed by atoms with Gasteiger partial charge in [0.25, 0.3) is 5.91 Å². The van der Waals surface area contributed by atoms with Crippen molar-refractivity contribution in [3.8, 4) is 11.5 Å². The molecule has 0 heterocycles. The number of ether oxygens (including phenoxy) is 2. The molecule has 2 amide bonds. The van der Waals surface area contributed by atoms with Gasteiger partial charge < -0.3 is 20.1 Å². The lowest BCUT2D eigenvalue weighted by Gasteiger charge is -2.14. The molecule has 6 nitrogen and oxygen atoms in total. The van der Waals surface area contributed by atoms with Crippen LogP contribution in [0.25, 0.3) is 0 Å². The Balaban J connectivity index is 2.14. The molecule has 0 saturated heterocycles. The van der Waals surface area contributed by atoms with Crippen LogP contribution in [0.5, 0.6) is 11.5 Å². The van der Waals surface area contributed by atoms with Crippen molar-refractivity contribution in [2.24, 2.45) is 0 Å². The maximum absolute atomic E-state index is 12.7. The quantitative estimate of drug-likeness (QED) is 0.633. The van der Waals surface area contributed by atoms with E-state index in [1.807, 2.05) is 26.0 Å². The van der Waals surface area contributed by atoms with Gasteiger partial charge in [-0.25, -0.2) is 0 Å². The fourth-order valence-electron chi connectivity index (χ4n) is 2.95. The third-order valence-electron chi connectivity index (χ3n) is 4.21. The third-order valence-corrected chi connectivity index (χ3v) is 4.21. The summed E-state index contributed by atoms with van der Waals surface area (Å²) >= 11 is 0. The van der Waals surface area contributed by atoms with E-state index in [0.717, 1.165) is 11.1 Å². The van der Waals surface area contributed by atoms with Crippen molar-refractivity contribution in [1.82, 2.24) is 5.32 Å². The van der Waals surface area contributed by atoms with Crippen molar-refractivity contribution in [3.05, 3.63) is 65.7 Å². The zero-order chi connectivity index (χ0) is 21.4. The van der Waals surface area contributed by atoms with Crippen molar-refractivity contribution in [1.29, 1.82) is 0 Å². The van der Waals surface area contributed by atoms with Crippen LogP contribution in [-0.2, 0) is 17.6 Å². The molecule has 0 spiro atoms. The second-order valence-corrected chi connectivity index (χ2v) is 6.91. The highest BCUT2D eigenvalue weighted by molar-refractivity contribution is 6.05. The van der Waals surface area contributed by atoms with Crippen LogP contribution in [0.1, 0.15) is 35.3 Å². The number of carbonyl (C=O) groups excluding carboxylic acids is 2. The Morgan fingerprint density at radius 3 is 2.34 bits per heavy atom. The number of anilines is 1. The predicted molar refractivity (Wildman–Crippen MR) is 115 cm³/mol. The van der Waals surface area contributed by atoms with Gasteiger partial charge in [-0.1, -0.05) is 18.2 Å². The van der Waals surface area contributed by atoms with Crippen LogP contribution in [0.3, 0.4) is 0 Å². The second kappa shape index (κ2) is 10.3. The minimum Gasteiger partial charge on any atom is -0.493 e. The van der Waals surface area contributed by atoms with Crippen molar-refractivity contribution < 1.29 is 19.1 Å². The summed E-state index contributed by atoms with van der Waals surface area (Å²) in [5.41, 5.74) is 2.79. The monoisotopic (exact) mass is 396 g/mol. The molecular weight excluding hydrogens is 368 g/mol. The Bertz CT molecular complexity index is 873. The maximum atomic E-state index is 12.7. The summed E-state index contributed by atoms with van der Waals surface area (Å²) in [5.74, 6) is 0.787. The van der Waals surface area contributed by atoms with Gasteiger partial charge in [0, 0.05) is 22.9 Å². The average molecular weight is 396 g/mol. The van der Waals surface area contributed by atoms with Crippen molar-refractivity contribution in [2.75, 3.05) is 19.5 Å². The zero-order valence-corrected chi connectivity index (χ0v) is 17.4. The van der Waals surface area contributed by atoms with Gasteiger partial charge in [-0.2, -0.15) is 0 Å². The fraction of sp³-hybridized carbons (Fsp3) is 0.304. The van der Waals surface area contributed by atoms with Crippen LogP contribution in [0.2, 0.25) is 0 Å². The molecule has 0 aliphatic rings. The first kappa shape index (κ1) is 22.0. The number of nitrogens with one attached hydrogen (secondary N) is 2. The van der Waals surface area contributed by atoms with Gasteiger partial charge >= 0.3 is 0 Å². The molecule has 0 bridgehead atoms. The molecule has 154 valence electrons. The predicted octanol–water partition coefficient (Wildman–Crippen LogP) is 3.75. The summed E-state index contributed by atoms with van der Waals surface area (Å²) in [5, 5.41) is 5.72. The highest BCUT2D eigenvalue weighted by Crippen LogP contribution is 2.33. The molecule has 2 aromatic carbocycles. The molecule has 2 rings (SSSR count). The van der Waals surface area contributed by atoms with E-state index in [9.17, 15) is 9.59 Å². The van der Waals surface area contributed by atoms with E-state index >= 15 is 0 Å². The molecular formula is C23H28N2O4. The van der Waals surface area contributed by atoms with Gasteiger partial charge in [-0.3, -0.25) is 9.59 Å². The molecule has 0 radical (unpaired) electrons. The van der Waals surface area contributed by atoms with Gasteiger partial charge in [-0.05, 0) is 50.1 Å². The summed E-state index contributed by atoms with van der Waals surface area (Å²) in [6.45, 7) is 7.59. The van der Waals surface area contributed by atoms with Crippen molar-refractivity contribution in [3.63, 3.8) is 0 Å². The number of benzene rings is 2. The van der Waals surface area contributed by atoms with E-state index in [2.05, 4.69) is 17.2 Å². The number of amides is 2. The highest BCUT2D eigenvalue weighted by Gasteiger charge is 2.16. The van der Waals surface area contributed by atoms with Crippen LogP contribution < -0.4 is 20.1 Å². The van der Waals surface area contributed by atoms with E-state index in [1.165, 1.54) is 7.11 Å². The number of rotatable bonds is 9. The van der Waals surface area contributed by atoms with Crippen LogP contribution in [0, 0.1) is 0 Å². The number of methoxy groups -OCH3 is 2. The average Bonchev–Trinajstić information content (AvgIpc) is 2.68. The molecule has 0 aliphatic carbocycles. The Kier molecular flexibility index (Phi) is 7.83. The maximum Gasteiger partial charge on any atom is 0.255 e. The van der Waals surface area contributed by atoms with Gasteiger partial charge in [-0.15, -0.1) is 6.58 Å². The summed E-state index contributed by atoms with van der Waals surface area (Å²) in [4.78, 5) is 24.6. The van der Waals surface area contributed by atoms with Gasteiger partial charge in [0.1, 0.15) is 0 Å². The molecule has 0 saturated carbocycles. The summed E-state index contributed by atoms with van der Waals surface area (Å²) in [7, 11) is 3.10. The van der Waals surface area contributed by atoms with Crippen molar-refractivity contribution >= 4 is 17.5 Å². The van der Waals surface area contributed by atoms with E-state index in [1.54, 1.807) is 37.5 Å². The molecule has 2 aromatic rings. The number of allylic oxidation sites excluding steroid dienone is 1. The first-order valence-electron chi connectivity index (χ1n) is 9.43. The minimum atomic E-state index is -0.262. The molecule has 6 heteroatoms. The lowest BCUT2D eigenvalue weighted by molar-refractivity contribution is -0.120. The number of hydrogen-bond acceptors (Lipinski definition) is 4. The first-order valence-corrected chi connectivity index (χ1v) is 9.43. The highest BCUT2D eigenvalue weighted by atomic mass is 16.5. The second-order valence-electron chi connectivity index (χ2n) is 6.91. The van der Waals surface area contributed by atoms with E-state index in [4.69, 9.17) is 9.47 Å². The molecule has 2 N–H and O–H groups in total. The Hall–Kier alpha value is -3.28. The SMILES string of the molecule is C=CCc1cc(C(=O)Nc2ccc(CC(=O)NC(C)C)cc2)cc(OC)c1OC. The lowest BCUT2D eigenvalue weighted by Crippen LogP contribution is -2.31. The van der Waals surface area contributed by atoms with E-state index in [-0.39, 0.29) is 17.9 Å². The normalized spacial score (nSPS) is 10.4. The molecule has 0 aromatic heterocycles. The summed E-state index contributed by atoms with van der Waals surface area (Å²) < 4.78 is 10.8. The van der Waals surface area contributed by atoms with Gasteiger partial charge in [0.05, 0.1) is 20.6 Å². The Labute approximate surface area is 171 Å². The molecule has 0 fully saturated rings. The standard InChI is InChI=1S/C23H28N2O4/c1-6-7-17-13-18(14-20(28-4)22(17)29-5)23(27)25-19-10-8-16(9-11-19)12-21(26)24-15(2)3/h6,8-11,13-15H,1,7,12H2,2-5H3,(H,24,26)(H,25,27). The summed E-state index contributed by atoms with van der Waals surface area (Å²) in [6.07, 6.45) is 2.59. The number of hydrogen-bond donors (Lipinski definition) is 2. The van der Waals surface area contributed by atoms with E-state index < -0.39 is 0 Å². The molecule has 0 unspecified atom stereocenters. The van der Waals surface area contributed by atoms with Crippen LogP contribution >= 0.6 is 0 Å². The smallest absolute Gasteiger partial charge is 0.255 e. The number of carbonyl (C=O) groups is 2. The zero-order valence-electron chi connectivity index (χ0n) is 17.4. The first-order chi connectivity index (χ1) is 13.9. The van der Waals surface area contributed by atoms with Crippen LogP contribution in [0.4, 0.5) is 5.69 Å². The topological polar surface area (TPSA) is 76.7 Å². The van der Waals surface area contributed by atoms with Gasteiger partial charge in [0.15, 0.2) is 11.5 Å². The molecule has 0 aliphatic heterocycles. The van der Waals surface area contributed by atoms with Crippen LogP contribution in [-0.4, -0.2) is 32.1 Å². The third kappa shape index (κ3) is 6.10. The van der Waals surface area contributed by atoms with Crippen LogP contribution in [0.15, 0.2) is 49.1 Å². The largest absolute Gasteiger partial charge is 0.493 e. The van der Waals surface area contributed by atoms with Gasteiger partial charge in [0.2, 0.25) is 5.91 Å². The fourth-order valence-corrected chi connectivity index (χ4v) is 2.95. The molecule has 29 heavy (non-hydrogen) atoms. The Morgan fingerprint density at radius 2 is 1.79 bits per heavy atom. The van der Waals surface area contributed by atoms with Crippen molar-refractivity contribution in [2.45, 2.75) is 32.7 Å².